The molecule has 0 saturated carbocycles. The van der Waals surface area contributed by atoms with Gasteiger partial charge < -0.3 is 4.90 Å². The van der Waals surface area contributed by atoms with Crippen LogP contribution in [0, 0.1) is 3.57 Å². The van der Waals surface area contributed by atoms with Crippen LogP contribution in [0.4, 0.5) is 0 Å². The van der Waals surface area contributed by atoms with E-state index in [0.29, 0.717) is 6.54 Å². The minimum absolute atomic E-state index is 0.0327. The van der Waals surface area contributed by atoms with E-state index in [1.54, 1.807) is 17.3 Å². The van der Waals surface area contributed by atoms with Crippen LogP contribution in [0.15, 0.2) is 48.8 Å². The highest BCUT2D eigenvalue weighted by Crippen LogP contribution is 2.11. The molecule has 0 radical (unpaired) electrons. The molecule has 0 aliphatic rings. The molecule has 2 aromatic rings. The number of rotatable bonds is 3. The van der Waals surface area contributed by atoms with Crippen molar-refractivity contribution < 1.29 is 4.79 Å². The first-order valence-electron chi connectivity index (χ1n) is 5.57. The fraction of sp³-hybridized carbons (Fsp3) is 0.143. The molecule has 92 valence electrons. The van der Waals surface area contributed by atoms with Crippen LogP contribution in [0.2, 0.25) is 0 Å². The summed E-state index contributed by atoms with van der Waals surface area (Å²) in [5.41, 5.74) is 1.80. The van der Waals surface area contributed by atoms with Crippen LogP contribution in [-0.2, 0) is 6.54 Å². The van der Waals surface area contributed by atoms with E-state index in [2.05, 4.69) is 27.6 Å². The lowest BCUT2D eigenvalue weighted by atomic mass is 10.2. The number of aromatic nitrogens is 1. The normalized spacial score (nSPS) is 10.1. The van der Waals surface area contributed by atoms with Gasteiger partial charge in [0.25, 0.3) is 5.91 Å². The second-order valence-corrected chi connectivity index (χ2v) is 5.27. The molecule has 0 unspecified atom stereocenters. The van der Waals surface area contributed by atoms with E-state index < -0.39 is 0 Å². The fourth-order valence-electron chi connectivity index (χ4n) is 1.68. The Morgan fingerprint density at radius 2 is 2.00 bits per heavy atom. The summed E-state index contributed by atoms with van der Waals surface area (Å²) in [6.07, 6.45) is 3.47. The van der Waals surface area contributed by atoms with Crippen molar-refractivity contribution in [1.29, 1.82) is 0 Å². The second-order valence-electron chi connectivity index (χ2n) is 4.03. The van der Waals surface area contributed by atoms with Crippen molar-refractivity contribution in [2.75, 3.05) is 7.05 Å². The summed E-state index contributed by atoms with van der Waals surface area (Å²) in [4.78, 5) is 17.9. The van der Waals surface area contributed by atoms with E-state index in [1.165, 1.54) is 0 Å². The van der Waals surface area contributed by atoms with Crippen molar-refractivity contribution >= 4 is 28.5 Å². The summed E-state index contributed by atoms with van der Waals surface area (Å²) in [6, 6.07) is 11.4. The summed E-state index contributed by atoms with van der Waals surface area (Å²) >= 11 is 2.21. The van der Waals surface area contributed by atoms with E-state index in [-0.39, 0.29) is 5.91 Å². The summed E-state index contributed by atoms with van der Waals surface area (Å²) < 4.78 is 1.07. The van der Waals surface area contributed by atoms with Crippen LogP contribution in [0.3, 0.4) is 0 Å². The van der Waals surface area contributed by atoms with Crippen molar-refractivity contribution in [1.82, 2.24) is 9.88 Å². The van der Waals surface area contributed by atoms with Crippen LogP contribution < -0.4 is 0 Å². The third-order valence-electron chi connectivity index (χ3n) is 2.59. The lowest BCUT2D eigenvalue weighted by Crippen LogP contribution is -2.26. The number of carbonyl (C=O) groups excluding carboxylic acids is 1. The summed E-state index contributed by atoms with van der Waals surface area (Å²) in [5, 5.41) is 0. The molecular formula is C14H13IN2O. The molecule has 4 heteroatoms. The molecule has 1 aromatic carbocycles. The number of benzene rings is 1. The van der Waals surface area contributed by atoms with E-state index in [1.807, 2.05) is 43.4 Å². The maximum absolute atomic E-state index is 12.2. The van der Waals surface area contributed by atoms with Gasteiger partial charge in [0.1, 0.15) is 0 Å². The van der Waals surface area contributed by atoms with Crippen molar-refractivity contribution in [2.45, 2.75) is 6.54 Å². The first kappa shape index (κ1) is 13.0. The van der Waals surface area contributed by atoms with Gasteiger partial charge in [0.05, 0.1) is 0 Å². The molecular weight excluding hydrogens is 339 g/mol. The largest absolute Gasteiger partial charge is 0.337 e. The van der Waals surface area contributed by atoms with Crippen molar-refractivity contribution in [3.63, 3.8) is 0 Å². The molecule has 2 rings (SSSR count). The number of halogens is 1. The molecule has 0 N–H and O–H groups in total. The zero-order valence-corrected chi connectivity index (χ0v) is 12.2. The number of carbonyl (C=O) groups is 1. The number of amides is 1. The predicted octanol–water partition coefficient (Wildman–Crippen LogP) is 2.96. The Balaban J connectivity index is 2.10. The Bertz CT molecular complexity index is 543. The highest BCUT2D eigenvalue weighted by molar-refractivity contribution is 14.1. The van der Waals surface area contributed by atoms with Gasteiger partial charge in [-0.25, -0.2) is 0 Å². The summed E-state index contributed by atoms with van der Waals surface area (Å²) in [6.45, 7) is 0.590. The van der Waals surface area contributed by atoms with Gasteiger partial charge in [-0.1, -0.05) is 6.07 Å². The Morgan fingerprint density at radius 3 is 2.67 bits per heavy atom. The van der Waals surface area contributed by atoms with Crippen LogP contribution in [0.5, 0.6) is 0 Å². The van der Waals surface area contributed by atoms with Gasteiger partial charge in [0, 0.05) is 35.1 Å². The maximum Gasteiger partial charge on any atom is 0.253 e. The molecule has 0 bridgehead atoms. The molecule has 1 amide bonds. The number of hydrogen-bond acceptors (Lipinski definition) is 2. The average Bonchev–Trinajstić information content (AvgIpc) is 2.39. The summed E-state index contributed by atoms with van der Waals surface area (Å²) in [7, 11) is 1.81. The quantitative estimate of drug-likeness (QED) is 0.796. The smallest absolute Gasteiger partial charge is 0.253 e. The standard InChI is InChI=1S/C14H13IN2O/c1-17(10-11-5-7-16-8-6-11)14(18)12-3-2-4-13(15)9-12/h2-9H,10H2,1H3. The van der Waals surface area contributed by atoms with Crippen molar-refractivity contribution in [3.05, 3.63) is 63.5 Å². The molecule has 0 spiro atoms. The van der Waals surface area contributed by atoms with Gasteiger partial charge in [-0.05, 0) is 58.5 Å². The lowest BCUT2D eigenvalue weighted by Gasteiger charge is -2.17. The zero-order valence-electron chi connectivity index (χ0n) is 10.0. The minimum Gasteiger partial charge on any atom is -0.337 e. The molecule has 0 atom stereocenters. The highest BCUT2D eigenvalue weighted by atomic mass is 127. The minimum atomic E-state index is 0.0327. The predicted molar refractivity (Wildman–Crippen MR) is 79.2 cm³/mol. The van der Waals surface area contributed by atoms with Gasteiger partial charge in [-0.2, -0.15) is 0 Å². The van der Waals surface area contributed by atoms with Gasteiger partial charge in [0.15, 0.2) is 0 Å². The Hall–Kier alpha value is -1.43. The molecule has 3 nitrogen and oxygen atoms in total. The van der Waals surface area contributed by atoms with Crippen LogP contribution in [-0.4, -0.2) is 22.8 Å². The van der Waals surface area contributed by atoms with Crippen molar-refractivity contribution in [2.24, 2.45) is 0 Å². The van der Waals surface area contributed by atoms with Crippen LogP contribution >= 0.6 is 22.6 Å². The molecule has 0 fully saturated rings. The second kappa shape index (κ2) is 5.95. The topological polar surface area (TPSA) is 33.2 Å². The van der Waals surface area contributed by atoms with E-state index in [0.717, 1.165) is 14.7 Å². The third-order valence-corrected chi connectivity index (χ3v) is 3.26. The fourth-order valence-corrected chi connectivity index (χ4v) is 2.22. The van der Waals surface area contributed by atoms with Crippen LogP contribution in [0.25, 0.3) is 0 Å². The molecule has 1 heterocycles. The van der Waals surface area contributed by atoms with E-state index in [4.69, 9.17) is 0 Å². The average molecular weight is 352 g/mol. The first-order valence-corrected chi connectivity index (χ1v) is 6.64. The van der Waals surface area contributed by atoms with Gasteiger partial charge in [-0.3, -0.25) is 9.78 Å². The zero-order chi connectivity index (χ0) is 13.0. The van der Waals surface area contributed by atoms with E-state index in [9.17, 15) is 4.79 Å². The highest BCUT2D eigenvalue weighted by Gasteiger charge is 2.11. The molecule has 0 aliphatic heterocycles. The third kappa shape index (κ3) is 3.29. The molecule has 1 aromatic heterocycles. The monoisotopic (exact) mass is 352 g/mol. The summed E-state index contributed by atoms with van der Waals surface area (Å²) in [5.74, 6) is 0.0327. The molecule has 0 aliphatic carbocycles. The maximum atomic E-state index is 12.2. The van der Waals surface area contributed by atoms with Gasteiger partial charge in [0.2, 0.25) is 0 Å². The Kier molecular flexibility index (Phi) is 4.30. The first-order chi connectivity index (χ1) is 8.66. The van der Waals surface area contributed by atoms with Gasteiger partial charge in [-0.15, -0.1) is 0 Å². The van der Waals surface area contributed by atoms with Crippen molar-refractivity contribution in [3.8, 4) is 0 Å². The molecule has 18 heavy (non-hydrogen) atoms. The Labute approximate surface area is 120 Å². The number of pyridine rings is 1. The van der Waals surface area contributed by atoms with E-state index >= 15 is 0 Å². The van der Waals surface area contributed by atoms with Gasteiger partial charge >= 0.3 is 0 Å². The SMILES string of the molecule is CN(Cc1ccncc1)C(=O)c1cccc(I)c1. The lowest BCUT2D eigenvalue weighted by molar-refractivity contribution is 0.0785. The van der Waals surface area contributed by atoms with Crippen LogP contribution in [0.1, 0.15) is 15.9 Å². The number of nitrogens with zero attached hydrogens (tertiary/aromatic N) is 2. The Morgan fingerprint density at radius 1 is 1.28 bits per heavy atom. The molecule has 0 saturated heterocycles. The number of hydrogen-bond donors (Lipinski definition) is 0.